The number of nitrogens with two attached hydrogens (primary N) is 1. The number of piperidine rings is 1. The molecule has 1 saturated heterocycles. The smallest absolute Gasteiger partial charge is 0.368 e. The van der Waals surface area contributed by atoms with Crippen LogP contribution in [0.2, 0.25) is 0 Å². The highest BCUT2D eigenvalue weighted by molar-refractivity contribution is 7.99. The minimum Gasteiger partial charge on any atom is -0.368 e. The van der Waals surface area contributed by atoms with Crippen LogP contribution in [-0.4, -0.2) is 62.4 Å². The zero-order chi connectivity index (χ0) is 22.7. The van der Waals surface area contributed by atoms with Gasteiger partial charge in [0.1, 0.15) is 0 Å². The van der Waals surface area contributed by atoms with E-state index in [0.717, 1.165) is 17.4 Å². The largest absolute Gasteiger partial charge is 0.397 e. The molecule has 0 unspecified atom stereocenters. The quantitative estimate of drug-likeness (QED) is 0.579. The Morgan fingerprint density at radius 1 is 1.09 bits per heavy atom. The van der Waals surface area contributed by atoms with E-state index in [4.69, 9.17) is 10.3 Å². The summed E-state index contributed by atoms with van der Waals surface area (Å²) in [5, 5.41) is 3.91. The van der Waals surface area contributed by atoms with E-state index in [-0.39, 0.29) is 28.9 Å². The molecule has 3 aromatic rings. The van der Waals surface area contributed by atoms with E-state index in [1.54, 1.807) is 11.9 Å². The first-order valence-electron chi connectivity index (χ1n) is 9.86. The van der Waals surface area contributed by atoms with Gasteiger partial charge in [-0.05, 0) is 25.0 Å². The van der Waals surface area contributed by atoms with Crippen molar-refractivity contribution in [3.8, 4) is 11.6 Å². The first-order valence-corrected chi connectivity index (χ1v) is 10.9. The van der Waals surface area contributed by atoms with Crippen LogP contribution in [0.4, 0.5) is 36.8 Å². The Hall–Kier alpha value is -3.09. The average Bonchev–Trinajstić information content (AvgIpc) is 3.28. The van der Waals surface area contributed by atoms with E-state index in [1.807, 2.05) is 35.2 Å². The predicted molar refractivity (Wildman–Crippen MR) is 116 cm³/mol. The minimum absolute atomic E-state index is 0.0154. The van der Waals surface area contributed by atoms with Crippen LogP contribution >= 0.6 is 11.8 Å². The van der Waals surface area contributed by atoms with Crippen molar-refractivity contribution in [1.82, 2.24) is 25.1 Å². The molecule has 1 aliphatic heterocycles. The van der Waals surface area contributed by atoms with Gasteiger partial charge in [0.15, 0.2) is 0 Å². The lowest BCUT2D eigenvalue weighted by Crippen LogP contribution is -2.35. The lowest BCUT2D eigenvalue weighted by molar-refractivity contribution is -0.105. The van der Waals surface area contributed by atoms with Crippen molar-refractivity contribution in [3.63, 3.8) is 0 Å². The number of rotatable bonds is 6. The molecule has 9 nitrogen and oxygen atoms in total. The van der Waals surface area contributed by atoms with Crippen molar-refractivity contribution >= 4 is 35.4 Å². The normalized spacial score (nSPS) is 15.2. The van der Waals surface area contributed by atoms with Gasteiger partial charge in [0.05, 0.1) is 5.75 Å². The molecule has 0 bridgehead atoms. The summed E-state index contributed by atoms with van der Waals surface area (Å²) in [5.74, 6) is -0.163. The summed E-state index contributed by atoms with van der Waals surface area (Å²) >= 11 is 0.944. The van der Waals surface area contributed by atoms with Crippen LogP contribution in [0, 0.1) is 0 Å². The van der Waals surface area contributed by atoms with Crippen LogP contribution in [0.5, 0.6) is 0 Å². The second kappa shape index (κ2) is 9.18. The number of hydrogen-bond acceptors (Lipinski definition) is 10. The molecular formula is C19H21F3N8OS. The van der Waals surface area contributed by atoms with E-state index >= 15 is 0 Å². The topological polar surface area (TPSA) is 110 Å². The summed E-state index contributed by atoms with van der Waals surface area (Å²) in [5.41, 5.74) is 6.73. The Labute approximate surface area is 186 Å². The standard InChI is InChI=1S/C19H21F3N8OS/c1-29(12-5-3-2-4-6-12)17-25-14(24-16(23)27-17)15-26-18(31-28-15)30-9-7-13(8-10-30)32-11-19(20,21)22/h2-6,13H,7-11H2,1H3,(H2,23,24,25,27). The maximum absolute atomic E-state index is 12.4. The van der Waals surface area contributed by atoms with Gasteiger partial charge in [-0.1, -0.05) is 23.4 Å². The number of anilines is 4. The fourth-order valence-corrected chi connectivity index (χ4v) is 4.23. The van der Waals surface area contributed by atoms with Crippen LogP contribution in [0.15, 0.2) is 34.9 Å². The molecule has 13 heteroatoms. The molecule has 32 heavy (non-hydrogen) atoms. The molecule has 0 spiro atoms. The molecule has 1 aromatic carbocycles. The molecule has 0 saturated carbocycles. The molecule has 3 heterocycles. The predicted octanol–water partition coefficient (Wildman–Crippen LogP) is 3.54. The Morgan fingerprint density at radius 3 is 2.50 bits per heavy atom. The van der Waals surface area contributed by atoms with E-state index in [0.29, 0.717) is 31.9 Å². The Morgan fingerprint density at radius 2 is 1.81 bits per heavy atom. The number of alkyl halides is 3. The van der Waals surface area contributed by atoms with Gasteiger partial charge in [0, 0.05) is 31.1 Å². The minimum atomic E-state index is -4.15. The number of nitrogen functional groups attached to an aromatic ring is 1. The number of hydrogen-bond donors (Lipinski definition) is 1. The third-order valence-electron chi connectivity index (χ3n) is 4.89. The second-order valence-corrected chi connectivity index (χ2v) is 8.51. The van der Waals surface area contributed by atoms with E-state index < -0.39 is 11.9 Å². The molecule has 1 aliphatic rings. The summed E-state index contributed by atoms with van der Waals surface area (Å²) < 4.78 is 42.6. The van der Waals surface area contributed by atoms with Crippen molar-refractivity contribution in [2.45, 2.75) is 24.3 Å². The zero-order valence-corrected chi connectivity index (χ0v) is 18.0. The Bertz CT molecular complexity index is 1040. The Kier molecular flexibility index (Phi) is 6.35. The fourth-order valence-electron chi connectivity index (χ4n) is 3.26. The van der Waals surface area contributed by atoms with Gasteiger partial charge >= 0.3 is 12.2 Å². The van der Waals surface area contributed by atoms with E-state index in [9.17, 15) is 13.2 Å². The number of aromatic nitrogens is 5. The van der Waals surface area contributed by atoms with Gasteiger partial charge in [0.2, 0.25) is 23.5 Å². The highest BCUT2D eigenvalue weighted by atomic mass is 32.2. The van der Waals surface area contributed by atoms with Gasteiger partial charge in [-0.15, -0.1) is 11.8 Å². The number of halogens is 3. The molecule has 0 atom stereocenters. The molecule has 0 radical (unpaired) electrons. The summed E-state index contributed by atoms with van der Waals surface area (Å²) in [6, 6.07) is 9.78. The second-order valence-electron chi connectivity index (χ2n) is 7.22. The summed E-state index contributed by atoms with van der Waals surface area (Å²) in [4.78, 5) is 20.7. The van der Waals surface area contributed by atoms with Gasteiger partial charge < -0.3 is 20.1 Å². The van der Waals surface area contributed by atoms with Gasteiger partial charge in [0.25, 0.3) is 0 Å². The number of nitrogens with zero attached hydrogens (tertiary/aromatic N) is 7. The fraction of sp³-hybridized carbons (Fsp3) is 0.421. The maximum atomic E-state index is 12.4. The molecule has 4 rings (SSSR count). The molecule has 2 N–H and O–H groups in total. The van der Waals surface area contributed by atoms with Crippen molar-refractivity contribution < 1.29 is 17.7 Å². The number of para-hydroxylation sites is 1. The van der Waals surface area contributed by atoms with E-state index in [1.165, 1.54) is 0 Å². The molecule has 0 aliphatic carbocycles. The molecule has 1 fully saturated rings. The van der Waals surface area contributed by atoms with Crippen molar-refractivity contribution in [3.05, 3.63) is 30.3 Å². The SMILES string of the molecule is CN(c1ccccc1)c1nc(N)nc(-c2noc(N3CCC(SCC(F)(F)F)CC3)n2)n1. The summed E-state index contributed by atoms with van der Waals surface area (Å²) in [6.07, 6.45) is -2.95. The van der Waals surface area contributed by atoms with Gasteiger partial charge in [-0.25, -0.2) is 0 Å². The van der Waals surface area contributed by atoms with Crippen LogP contribution in [-0.2, 0) is 0 Å². The molecule has 2 aromatic heterocycles. The van der Waals surface area contributed by atoms with Crippen molar-refractivity contribution in [2.75, 3.05) is 41.4 Å². The maximum Gasteiger partial charge on any atom is 0.397 e. The highest BCUT2D eigenvalue weighted by Crippen LogP contribution is 2.31. The summed E-state index contributed by atoms with van der Waals surface area (Å²) in [7, 11) is 1.80. The average molecular weight is 466 g/mol. The van der Waals surface area contributed by atoms with Crippen LogP contribution in [0.3, 0.4) is 0 Å². The third-order valence-corrected chi connectivity index (χ3v) is 6.33. The molecule has 0 amide bonds. The number of benzene rings is 1. The molecule has 170 valence electrons. The lowest BCUT2D eigenvalue weighted by atomic mass is 10.1. The first kappa shape index (κ1) is 22.1. The van der Waals surface area contributed by atoms with Crippen LogP contribution < -0.4 is 15.5 Å². The Balaban J connectivity index is 1.44. The van der Waals surface area contributed by atoms with Gasteiger partial charge in [-0.2, -0.15) is 33.1 Å². The molecular weight excluding hydrogens is 445 g/mol. The van der Waals surface area contributed by atoms with Crippen molar-refractivity contribution in [1.29, 1.82) is 0 Å². The monoisotopic (exact) mass is 466 g/mol. The van der Waals surface area contributed by atoms with Crippen molar-refractivity contribution in [2.24, 2.45) is 0 Å². The van der Waals surface area contributed by atoms with Crippen LogP contribution in [0.25, 0.3) is 11.6 Å². The zero-order valence-electron chi connectivity index (χ0n) is 17.2. The first-order chi connectivity index (χ1) is 15.3. The lowest BCUT2D eigenvalue weighted by Gasteiger charge is -2.30. The van der Waals surface area contributed by atoms with E-state index in [2.05, 4.69) is 25.1 Å². The summed E-state index contributed by atoms with van der Waals surface area (Å²) in [6.45, 7) is 1.05. The number of thioether (sulfide) groups is 1. The van der Waals surface area contributed by atoms with Gasteiger partial charge in [-0.3, -0.25) is 0 Å². The van der Waals surface area contributed by atoms with Crippen LogP contribution in [0.1, 0.15) is 12.8 Å². The third kappa shape index (κ3) is 5.39. The highest BCUT2D eigenvalue weighted by Gasteiger charge is 2.31.